The van der Waals surface area contributed by atoms with Gasteiger partial charge in [0.25, 0.3) is 0 Å². The van der Waals surface area contributed by atoms with Crippen LogP contribution in [0.3, 0.4) is 0 Å². The van der Waals surface area contributed by atoms with Gasteiger partial charge in [0.2, 0.25) is 6.79 Å². The van der Waals surface area contributed by atoms with Gasteiger partial charge in [0.15, 0.2) is 11.5 Å². The second-order valence-electron chi connectivity index (χ2n) is 7.97. The van der Waals surface area contributed by atoms with Crippen molar-refractivity contribution < 1.29 is 23.7 Å². The lowest BCUT2D eigenvalue weighted by molar-refractivity contribution is -0.147. The quantitative estimate of drug-likeness (QED) is 0.479. The predicted molar refractivity (Wildman–Crippen MR) is 114 cm³/mol. The van der Waals surface area contributed by atoms with Crippen LogP contribution in [-0.2, 0) is 16.1 Å². The highest BCUT2D eigenvalue weighted by Gasteiger charge is 2.27. The van der Waals surface area contributed by atoms with E-state index in [0.29, 0.717) is 0 Å². The van der Waals surface area contributed by atoms with Crippen LogP contribution in [-0.4, -0.2) is 45.0 Å². The van der Waals surface area contributed by atoms with Crippen molar-refractivity contribution >= 4 is 27.5 Å². The van der Waals surface area contributed by atoms with Crippen LogP contribution in [0.5, 0.6) is 17.2 Å². The molecular weight excluding hydrogens is 382 g/mol. The van der Waals surface area contributed by atoms with Crippen molar-refractivity contribution in [2.24, 2.45) is 5.92 Å². The molecule has 0 amide bonds. The van der Waals surface area contributed by atoms with Gasteiger partial charge in [-0.3, -0.25) is 9.69 Å². The Kier molecular flexibility index (Phi) is 4.87. The Morgan fingerprint density at radius 2 is 1.90 bits per heavy atom. The van der Waals surface area contributed by atoms with Gasteiger partial charge < -0.3 is 18.9 Å². The number of nitrogens with zero attached hydrogens (tertiary/aromatic N) is 1. The maximum absolute atomic E-state index is 12.0. The minimum absolute atomic E-state index is 0.0515. The fourth-order valence-corrected chi connectivity index (χ4v) is 4.66. The molecule has 5 rings (SSSR count). The number of likely N-dealkylation sites (tertiary alicyclic amines) is 1. The van der Waals surface area contributed by atoms with Gasteiger partial charge in [0.1, 0.15) is 5.75 Å². The third kappa shape index (κ3) is 3.31. The molecular formula is C24H25NO5. The Morgan fingerprint density at radius 3 is 2.70 bits per heavy atom. The van der Waals surface area contributed by atoms with Crippen molar-refractivity contribution in [3.63, 3.8) is 0 Å². The zero-order valence-electron chi connectivity index (χ0n) is 17.3. The van der Waals surface area contributed by atoms with Crippen molar-refractivity contribution in [3.05, 3.63) is 42.0 Å². The van der Waals surface area contributed by atoms with Gasteiger partial charge >= 0.3 is 5.97 Å². The van der Waals surface area contributed by atoms with Gasteiger partial charge in [-0.15, -0.1) is 0 Å². The first kappa shape index (κ1) is 19.0. The van der Waals surface area contributed by atoms with E-state index in [1.807, 2.05) is 12.1 Å². The number of ether oxygens (including phenoxy) is 4. The van der Waals surface area contributed by atoms with Gasteiger partial charge in [-0.05, 0) is 76.8 Å². The van der Waals surface area contributed by atoms with E-state index in [9.17, 15) is 4.79 Å². The van der Waals surface area contributed by atoms with Crippen LogP contribution >= 0.6 is 0 Å². The van der Waals surface area contributed by atoms with Crippen molar-refractivity contribution in [1.29, 1.82) is 0 Å². The zero-order valence-corrected chi connectivity index (χ0v) is 17.3. The van der Waals surface area contributed by atoms with E-state index in [2.05, 4.69) is 29.2 Å². The molecule has 1 atom stereocenters. The highest BCUT2D eigenvalue weighted by Crippen LogP contribution is 2.40. The SMILES string of the molecule is COC(=O)[C@H]1CCCN(Cc2cc3cc4c(cc3c3cc(OC)ccc23)OCO4)C1. The molecule has 0 unspecified atom stereocenters. The van der Waals surface area contributed by atoms with Crippen molar-refractivity contribution in [3.8, 4) is 17.2 Å². The second kappa shape index (κ2) is 7.69. The molecule has 30 heavy (non-hydrogen) atoms. The van der Waals surface area contributed by atoms with Gasteiger partial charge in [-0.1, -0.05) is 6.07 Å². The number of hydrogen-bond donors (Lipinski definition) is 0. The Bertz CT molecular complexity index is 1130. The molecule has 0 bridgehead atoms. The monoisotopic (exact) mass is 407 g/mol. The summed E-state index contributed by atoms with van der Waals surface area (Å²) in [5.41, 5.74) is 1.23. The van der Waals surface area contributed by atoms with Crippen LogP contribution in [0.25, 0.3) is 21.5 Å². The maximum Gasteiger partial charge on any atom is 0.309 e. The third-order valence-corrected chi connectivity index (χ3v) is 6.17. The van der Waals surface area contributed by atoms with E-state index in [-0.39, 0.29) is 18.7 Å². The lowest BCUT2D eigenvalue weighted by atomic mass is 9.94. The number of fused-ring (bicyclic) bond motifs is 4. The molecule has 0 spiro atoms. The Morgan fingerprint density at radius 1 is 1.07 bits per heavy atom. The van der Waals surface area contributed by atoms with Gasteiger partial charge in [0.05, 0.1) is 20.1 Å². The predicted octanol–water partition coefficient (Wildman–Crippen LogP) is 4.12. The molecule has 2 heterocycles. The fourth-order valence-electron chi connectivity index (χ4n) is 4.66. The Labute approximate surface area is 175 Å². The highest BCUT2D eigenvalue weighted by atomic mass is 16.7. The van der Waals surface area contributed by atoms with Gasteiger partial charge in [-0.25, -0.2) is 0 Å². The van der Waals surface area contributed by atoms with E-state index in [0.717, 1.165) is 65.9 Å². The van der Waals surface area contributed by atoms with E-state index >= 15 is 0 Å². The number of methoxy groups -OCH3 is 2. The summed E-state index contributed by atoms with van der Waals surface area (Å²) in [7, 11) is 3.15. The van der Waals surface area contributed by atoms with Crippen LogP contribution < -0.4 is 14.2 Å². The molecule has 0 aromatic heterocycles. The summed E-state index contributed by atoms with van der Waals surface area (Å²) in [5.74, 6) is 2.21. The van der Waals surface area contributed by atoms with E-state index in [1.54, 1.807) is 7.11 Å². The molecule has 1 saturated heterocycles. The molecule has 0 aliphatic carbocycles. The number of carbonyl (C=O) groups excluding carboxylic acids is 1. The van der Waals surface area contributed by atoms with Crippen molar-refractivity contribution in [1.82, 2.24) is 4.90 Å². The smallest absolute Gasteiger partial charge is 0.309 e. The van der Waals surface area contributed by atoms with Crippen molar-refractivity contribution in [2.45, 2.75) is 19.4 Å². The molecule has 2 aliphatic heterocycles. The van der Waals surface area contributed by atoms with Gasteiger partial charge in [0, 0.05) is 13.1 Å². The van der Waals surface area contributed by atoms with Crippen LogP contribution in [0.15, 0.2) is 36.4 Å². The molecule has 0 N–H and O–H groups in total. The van der Waals surface area contributed by atoms with Crippen LogP contribution in [0.1, 0.15) is 18.4 Å². The normalized spacial score (nSPS) is 18.7. The summed E-state index contributed by atoms with van der Waals surface area (Å²) < 4.78 is 21.7. The molecule has 3 aromatic rings. The van der Waals surface area contributed by atoms with Gasteiger partial charge in [-0.2, -0.15) is 0 Å². The first-order valence-electron chi connectivity index (χ1n) is 10.3. The number of hydrogen-bond acceptors (Lipinski definition) is 6. The second-order valence-corrected chi connectivity index (χ2v) is 7.97. The summed E-state index contributed by atoms with van der Waals surface area (Å²) in [5, 5.41) is 4.53. The Hall–Kier alpha value is -2.99. The summed E-state index contributed by atoms with van der Waals surface area (Å²) >= 11 is 0. The number of carbonyl (C=O) groups is 1. The molecule has 6 heteroatoms. The van der Waals surface area contributed by atoms with Crippen molar-refractivity contribution in [2.75, 3.05) is 34.1 Å². The molecule has 1 fully saturated rings. The molecule has 6 nitrogen and oxygen atoms in total. The topological polar surface area (TPSA) is 57.2 Å². The highest BCUT2D eigenvalue weighted by molar-refractivity contribution is 6.10. The summed E-state index contributed by atoms with van der Waals surface area (Å²) in [6.45, 7) is 2.73. The lowest BCUT2D eigenvalue weighted by Gasteiger charge is -2.31. The van der Waals surface area contributed by atoms with Crippen LogP contribution in [0.4, 0.5) is 0 Å². The molecule has 0 radical (unpaired) electrons. The molecule has 156 valence electrons. The largest absolute Gasteiger partial charge is 0.497 e. The number of piperidine rings is 1. The minimum atomic E-state index is -0.111. The standard InChI is InChI=1S/C24H25NO5/c1-27-18-5-6-19-17(13-25-7-3-4-15(12-25)24(26)28-2)8-16-9-22-23(30-14-29-22)11-20(16)21(19)10-18/h5-6,8-11,15H,3-4,7,12-14H2,1-2H3/t15-/m0/s1. The minimum Gasteiger partial charge on any atom is -0.497 e. The first-order chi connectivity index (χ1) is 14.7. The molecule has 2 aliphatic rings. The summed E-state index contributed by atoms with van der Waals surface area (Å²) in [4.78, 5) is 14.4. The zero-order chi connectivity index (χ0) is 20.7. The van der Waals surface area contributed by atoms with E-state index < -0.39 is 0 Å². The Balaban J connectivity index is 1.58. The fraction of sp³-hybridized carbons (Fsp3) is 0.375. The molecule has 3 aromatic carbocycles. The number of rotatable bonds is 4. The third-order valence-electron chi connectivity index (χ3n) is 6.17. The molecule has 0 saturated carbocycles. The van der Waals surface area contributed by atoms with E-state index in [4.69, 9.17) is 18.9 Å². The van der Waals surface area contributed by atoms with E-state index in [1.165, 1.54) is 18.1 Å². The first-order valence-corrected chi connectivity index (χ1v) is 10.3. The van der Waals surface area contributed by atoms with Crippen LogP contribution in [0.2, 0.25) is 0 Å². The lowest BCUT2D eigenvalue weighted by Crippen LogP contribution is -2.38. The maximum atomic E-state index is 12.0. The number of benzene rings is 3. The average molecular weight is 407 g/mol. The average Bonchev–Trinajstić information content (AvgIpc) is 3.24. The summed E-state index contributed by atoms with van der Waals surface area (Å²) in [6.07, 6.45) is 1.89. The number of esters is 1. The summed E-state index contributed by atoms with van der Waals surface area (Å²) in [6, 6.07) is 12.5. The van der Waals surface area contributed by atoms with Crippen LogP contribution in [0, 0.1) is 5.92 Å².